The zero-order chi connectivity index (χ0) is 17.6. The standard InChI is InChI=1S/C21H22N2OS/c1-13(19-22-15-7-5-6-8-17(15)24-19)11-14-9-10-18-16(12-14)23-20(25-18)21(2,3)4/h5-10,12-13H,11H2,1-4H3. The van der Waals surface area contributed by atoms with Gasteiger partial charge in [-0.25, -0.2) is 9.97 Å². The molecule has 0 saturated heterocycles. The normalized spacial score (nSPS) is 13.6. The lowest BCUT2D eigenvalue weighted by Gasteiger charge is -2.13. The van der Waals surface area contributed by atoms with Crippen LogP contribution in [0.3, 0.4) is 0 Å². The molecule has 1 atom stereocenters. The van der Waals surface area contributed by atoms with Crippen LogP contribution in [0.1, 0.15) is 50.1 Å². The van der Waals surface area contributed by atoms with Gasteiger partial charge in [0.25, 0.3) is 0 Å². The van der Waals surface area contributed by atoms with Crippen molar-refractivity contribution in [2.45, 2.75) is 45.4 Å². The topological polar surface area (TPSA) is 38.9 Å². The van der Waals surface area contributed by atoms with Crippen molar-refractivity contribution in [2.24, 2.45) is 0 Å². The summed E-state index contributed by atoms with van der Waals surface area (Å²) in [6, 6.07) is 14.5. The summed E-state index contributed by atoms with van der Waals surface area (Å²) in [4.78, 5) is 9.47. The minimum Gasteiger partial charge on any atom is -0.440 e. The molecule has 3 nitrogen and oxygen atoms in total. The van der Waals surface area contributed by atoms with Crippen molar-refractivity contribution in [1.82, 2.24) is 9.97 Å². The highest BCUT2D eigenvalue weighted by molar-refractivity contribution is 7.18. The molecule has 0 aliphatic rings. The van der Waals surface area contributed by atoms with E-state index in [1.807, 2.05) is 24.3 Å². The summed E-state index contributed by atoms with van der Waals surface area (Å²) in [5.41, 5.74) is 4.24. The smallest absolute Gasteiger partial charge is 0.198 e. The molecular weight excluding hydrogens is 328 g/mol. The Morgan fingerprint density at radius 3 is 2.60 bits per heavy atom. The van der Waals surface area contributed by atoms with Gasteiger partial charge >= 0.3 is 0 Å². The molecule has 0 spiro atoms. The van der Waals surface area contributed by atoms with E-state index in [9.17, 15) is 0 Å². The predicted molar refractivity (Wildman–Crippen MR) is 104 cm³/mol. The van der Waals surface area contributed by atoms with E-state index >= 15 is 0 Å². The van der Waals surface area contributed by atoms with Gasteiger partial charge in [0.05, 0.1) is 15.2 Å². The third-order valence-electron chi connectivity index (χ3n) is 4.37. The Hall–Kier alpha value is -2.20. The minimum atomic E-state index is 0.0926. The van der Waals surface area contributed by atoms with Gasteiger partial charge in [-0.2, -0.15) is 0 Å². The van der Waals surface area contributed by atoms with Gasteiger partial charge in [0.15, 0.2) is 11.5 Å². The molecule has 1 unspecified atom stereocenters. The first-order valence-electron chi connectivity index (χ1n) is 8.65. The second kappa shape index (κ2) is 5.95. The summed E-state index contributed by atoms with van der Waals surface area (Å²) < 4.78 is 7.17. The molecule has 4 heteroatoms. The van der Waals surface area contributed by atoms with E-state index in [0.717, 1.165) is 28.9 Å². The third kappa shape index (κ3) is 3.19. The van der Waals surface area contributed by atoms with E-state index in [2.05, 4.69) is 50.9 Å². The monoisotopic (exact) mass is 350 g/mol. The molecule has 25 heavy (non-hydrogen) atoms. The summed E-state index contributed by atoms with van der Waals surface area (Å²) in [6.07, 6.45) is 0.894. The van der Waals surface area contributed by atoms with E-state index in [1.54, 1.807) is 11.3 Å². The summed E-state index contributed by atoms with van der Waals surface area (Å²) >= 11 is 1.79. The van der Waals surface area contributed by atoms with E-state index in [0.29, 0.717) is 0 Å². The average Bonchev–Trinajstić information content (AvgIpc) is 3.18. The molecular formula is C21H22N2OS. The van der Waals surface area contributed by atoms with Crippen molar-refractivity contribution in [3.8, 4) is 0 Å². The van der Waals surface area contributed by atoms with Crippen LogP contribution < -0.4 is 0 Å². The van der Waals surface area contributed by atoms with Gasteiger partial charge in [-0.15, -0.1) is 11.3 Å². The second-order valence-corrected chi connectivity index (χ2v) is 8.73. The first kappa shape index (κ1) is 16.3. The highest BCUT2D eigenvalue weighted by atomic mass is 32.1. The van der Waals surface area contributed by atoms with Crippen LogP contribution in [-0.2, 0) is 11.8 Å². The van der Waals surface area contributed by atoms with Gasteiger partial charge in [0.1, 0.15) is 5.52 Å². The van der Waals surface area contributed by atoms with E-state index in [4.69, 9.17) is 9.40 Å². The summed E-state index contributed by atoms with van der Waals surface area (Å²) in [5, 5.41) is 1.19. The Labute approximate surface area is 151 Å². The third-order valence-corrected chi connectivity index (χ3v) is 5.83. The maximum absolute atomic E-state index is 5.91. The van der Waals surface area contributed by atoms with Crippen LogP contribution in [0.5, 0.6) is 0 Å². The Balaban J connectivity index is 1.61. The maximum Gasteiger partial charge on any atom is 0.198 e. The zero-order valence-electron chi connectivity index (χ0n) is 15.0. The number of hydrogen-bond donors (Lipinski definition) is 0. The summed E-state index contributed by atoms with van der Waals surface area (Å²) in [7, 11) is 0. The van der Waals surface area contributed by atoms with Crippen molar-refractivity contribution < 1.29 is 4.42 Å². The van der Waals surface area contributed by atoms with Crippen molar-refractivity contribution >= 4 is 32.7 Å². The number of oxazole rings is 1. The molecule has 4 rings (SSSR count). The molecule has 0 amide bonds. The fourth-order valence-electron chi connectivity index (χ4n) is 2.96. The highest BCUT2D eigenvalue weighted by Gasteiger charge is 2.19. The number of benzene rings is 2. The number of hydrogen-bond acceptors (Lipinski definition) is 4. The van der Waals surface area contributed by atoms with Crippen molar-refractivity contribution in [3.05, 3.63) is 58.9 Å². The lowest BCUT2D eigenvalue weighted by atomic mass is 9.98. The molecule has 2 aromatic carbocycles. The number of thiazole rings is 1. The van der Waals surface area contributed by atoms with Crippen LogP contribution in [0, 0.1) is 0 Å². The van der Waals surface area contributed by atoms with Crippen molar-refractivity contribution in [3.63, 3.8) is 0 Å². The van der Waals surface area contributed by atoms with Crippen LogP contribution in [-0.4, -0.2) is 9.97 Å². The molecule has 128 valence electrons. The van der Waals surface area contributed by atoms with Gasteiger partial charge in [-0.05, 0) is 36.2 Å². The Bertz CT molecular complexity index is 1010. The van der Waals surface area contributed by atoms with E-state index in [1.165, 1.54) is 15.3 Å². The minimum absolute atomic E-state index is 0.0926. The molecule has 2 aromatic heterocycles. The molecule has 4 aromatic rings. The molecule has 0 aliphatic carbocycles. The molecule has 2 heterocycles. The molecule has 0 radical (unpaired) electrons. The second-order valence-electron chi connectivity index (χ2n) is 7.70. The first-order valence-corrected chi connectivity index (χ1v) is 9.47. The van der Waals surface area contributed by atoms with Gasteiger partial charge in [-0.3, -0.25) is 0 Å². The summed E-state index contributed by atoms with van der Waals surface area (Å²) in [6.45, 7) is 8.79. The molecule has 0 aliphatic heterocycles. The number of aromatic nitrogens is 2. The first-order chi connectivity index (χ1) is 11.9. The fourth-order valence-corrected chi connectivity index (χ4v) is 3.97. The van der Waals surface area contributed by atoms with Crippen LogP contribution >= 0.6 is 11.3 Å². The average molecular weight is 350 g/mol. The molecule has 0 fully saturated rings. The van der Waals surface area contributed by atoms with Crippen LogP contribution in [0.2, 0.25) is 0 Å². The number of para-hydroxylation sites is 2. The fraction of sp³-hybridized carbons (Fsp3) is 0.333. The van der Waals surface area contributed by atoms with Crippen molar-refractivity contribution in [1.29, 1.82) is 0 Å². The Kier molecular flexibility index (Phi) is 3.88. The van der Waals surface area contributed by atoms with Crippen LogP contribution in [0.4, 0.5) is 0 Å². The maximum atomic E-state index is 5.91. The van der Waals surface area contributed by atoms with E-state index < -0.39 is 0 Å². The zero-order valence-corrected chi connectivity index (χ0v) is 15.9. The lowest BCUT2D eigenvalue weighted by molar-refractivity contribution is 0.484. The lowest BCUT2D eigenvalue weighted by Crippen LogP contribution is -2.09. The largest absolute Gasteiger partial charge is 0.440 e. The van der Waals surface area contributed by atoms with Crippen LogP contribution in [0.15, 0.2) is 46.9 Å². The van der Waals surface area contributed by atoms with Crippen molar-refractivity contribution in [2.75, 3.05) is 0 Å². The van der Waals surface area contributed by atoms with Gasteiger partial charge < -0.3 is 4.42 Å². The van der Waals surface area contributed by atoms with Gasteiger partial charge in [0.2, 0.25) is 0 Å². The SMILES string of the molecule is CC(Cc1ccc2sc(C(C)(C)C)nc2c1)c1nc2ccccc2o1. The number of fused-ring (bicyclic) bond motifs is 2. The number of rotatable bonds is 3. The van der Waals surface area contributed by atoms with Gasteiger partial charge in [-0.1, -0.05) is 45.9 Å². The van der Waals surface area contributed by atoms with E-state index in [-0.39, 0.29) is 11.3 Å². The van der Waals surface area contributed by atoms with Gasteiger partial charge in [0, 0.05) is 11.3 Å². The number of nitrogens with zero attached hydrogens (tertiary/aromatic N) is 2. The molecule has 0 saturated carbocycles. The Morgan fingerprint density at radius 1 is 1.04 bits per heavy atom. The quantitative estimate of drug-likeness (QED) is 0.449. The molecule has 0 N–H and O–H groups in total. The van der Waals surface area contributed by atoms with Crippen LogP contribution in [0.25, 0.3) is 21.3 Å². The predicted octanol–water partition coefficient (Wildman–Crippen LogP) is 6.08. The Morgan fingerprint density at radius 2 is 1.84 bits per heavy atom. The molecule has 0 bridgehead atoms. The summed E-state index contributed by atoms with van der Waals surface area (Å²) in [5.74, 6) is 1.03. The highest BCUT2D eigenvalue weighted by Crippen LogP contribution is 2.32.